The van der Waals surface area contributed by atoms with Crippen LogP contribution < -0.4 is 5.32 Å². The van der Waals surface area contributed by atoms with E-state index >= 15 is 0 Å². The van der Waals surface area contributed by atoms with Crippen molar-refractivity contribution in [3.05, 3.63) is 60.4 Å². The number of furan rings is 1. The average molecular weight is 325 g/mol. The number of nitrogens with one attached hydrogen (secondary N) is 1. The van der Waals surface area contributed by atoms with Crippen molar-refractivity contribution in [2.75, 3.05) is 20.6 Å². The molecule has 126 valence electrons. The number of aromatic nitrogens is 3. The zero-order valence-electron chi connectivity index (χ0n) is 14.3. The smallest absolute Gasteiger partial charge is 0.122 e. The van der Waals surface area contributed by atoms with Crippen LogP contribution in [-0.4, -0.2) is 40.3 Å². The lowest BCUT2D eigenvalue weighted by atomic mass is 10.1. The molecule has 0 spiro atoms. The number of rotatable bonds is 7. The average Bonchev–Trinajstić information content (AvgIpc) is 3.22. The number of pyridine rings is 1. The third-order valence-corrected chi connectivity index (χ3v) is 4.01. The molecule has 0 aliphatic rings. The minimum absolute atomic E-state index is 0.195. The van der Waals surface area contributed by atoms with E-state index in [0.29, 0.717) is 0 Å². The molecular formula is C18H23N5O. The van der Waals surface area contributed by atoms with Crippen LogP contribution in [0.4, 0.5) is 0 Å². The summed E-state index contributed by atoms with van der Waals surface area (Å²) in [5.41, 5.74) is 3.24. The van der Waals surface area contributed by atoms with Crippen molar-refractivity contribution < 1.29 is 4.42 Å². The molecule has 6 nitrogen and oxygen atoms in total. The lowest BCUT2D eigenvalue weighted by Gasteiger charge is -2.22. The summed E-state index contributed by atoms with van der Waals surface area (Å²) in [5.74, 6) is 0.966. The number of aryl methyl sites for hydroxylation is 1. The first-order valence-electron chi connectivity index (χ1n) is 7.98. The second-order valence-corrected chi connectivity index (χ2v) is 6.04. The molecule has 0 fully saturated rings. The van der Waals surface area contributed by atoms with Crippen molar-refractivity contribution in [1.82, 2.24) is 25.0 Å². The van der Waals surface area contributed by atoms with Crippen molar-refractivity contribution >= 4 is 0 Å². The zero-order valence-corrected chi connectivity index (χ0v) is 14.3. The first-order valence-corrected chi connectivity index (χ1v) is 7.98. The molecule has 0 saturated heterocycles. The third-order valence-electron chi connectivity index (χ3n) is 4.01. The third kappa shape index (κ3) is 3.72. The minimum Gasteiger partial charge on any atom is -0.468 e. The molecule has 0 aliphatic heterocycles. The molecule has 0 aromatic carbocycles. The van der Waals surface area contributed by atoms with Crippen LogP contribution in [0.15, 0.2) is 53.5 Å². The van der Waals surface area contributed by atoms with Crippen molar-refractivity contribution in [2.24, 2.45) is 7.05 Å². The molecule has 3 aromatic rings. The van der Waals surface area contributed by atoms with Gasteiger partial charge in [-0.05, 0) is 38.4 Å². The Bertz CT molecular complexity index is 749. The first kappa shape index (κ1) is 16.4. The number of hydrogen-bond donors (Lipinski definition) is 1. The maximum atomic E-state index is 5.55. The van der Waals surface area contributed by atoms with Crippen LogP contribution in [0.2, 0.25) is 0 Å². The topological polar surface area (TPSA) is 59.1 Å². The fraction of sp³-hybridized carbons (Fsp3) is 0.333. The van der Waals surface area contributed by atoms with E-state index in [1.54, 1.807) is 18.7 Å². The first-order chi connectivity index (χ1) is 11.6. The maximum absolute atomic E-state index is 5.55. The van der Waals surface area contributed by atoms with E-state index in [9.17, 15) is 0 Å². The van der Waals surface area contributed by atoms with Gasteiger partial charge in [0, 0.05) is 49.9 Å². The van der Waals surface area contributed by atoms with Gasteiger partial charge in [0.05, 0.1) is 18.0 Å². The summed E-state index contributed by atoms with van der Waals surface area (Å²) >= 11 is 0. The fourth-order valence-corrected chi connectivity index (χ4v) is 2.78. The van der Waals surface area contributed by atoms with E-state index < -0.39 is 0 Å². The quantitative estimate of drug-likeness (QED) is 0.723. The minimum atomic E-state index is 0.195. The standard InChI is InChI=1S/C18H23N5O/c1-22(2)16(17-5-4-10-24-17)12-20-11-15-13-23(3)21-18(15)14-6-8-19-9-7-14/h4-10,13,16,20H,11-12H2,1-3H3. The predicted molar refractivity (Wildman–Crippen MR) is 93.3 cm³/mol. The largest absolute Gasteiger partial charge is 0.468 e. The van der Waals surface area contributed by atoms with Crippen molar-refractivity contribution in [1.29, 1.82) is 0 Å². The van der Waals surface area contributed by atoms with E-state index in [1.807, 2.05) is 36.0 Å². The number of likely N-dealkylation sites (N-methyl/N-ethyl adjacent to an activating group) is 1. The van der Waals surface area contributed by atoms with Gasteiger partial charge in [-0.15, -0.1) is 0 Å². The molecule has 0 radical (unpaired) electrons. The van der Waals surface area contributed by atoms with Crippen LogP contribution in [-0.2, 0) is 13.6 Å². The highest BCUT2D eigenvalue weighted by Crippen LogP contribution is 2.22. The highest BCUT2D eigenvalue weighted by molar-refractivity contribution is 5.61. The molecule has 3 heterocycles. The molecule has 24 heavy (non-hydrogen) atoms. The normalized spacial score (nSPS) is 12.7. The summed E-state index contributed by atoms with van der Waals surface area (Å²) in [6.45, 7) is 1.54. The Hall–Kier alpha value is -2.44. The van der Waals surface area contributed by atoms with Gasteiger partial charge in [0.25, 0.3) is 0 Å². The summed E-state index contributed by atoms with van der Waals surface area (Å²) in [7, 11) is 6.06. The van der Waals surface area contributed by atoms with E-state index in [0.717, 1.165) is 30.1 Å². The summed E-state index contributed by atoms with van der Waals surface area (Å²) in [6.07, 6.45) is 7.36. The predicted octanol–water partition coefficient (Wildman–Crippen LogP) is 2.47. The number of hydrogen-bond acceptors (Lipinski definition) is 5. The maximum Gasteiger partial charge on any atom is 0.122 e. The highest BCUT2D eigenvalue weighted by atomic mass is 16.3. The molecule has 3 aromatic heterocycles. The lowest BCUT2D eigenvalue weighted by Crippen LogP contribution is -2.30. The molecule has 1 N–H and O–H groups in total. The fourth-order valence-electron chi connectivity index (χ4n) is 2.78. The van der Waals surface area contributed by atoms with Crippen LogP contribution >= 0.6 is 0 Å². The monoisotopic (exact) mass is 325 g/mol. The Labute approximate surface area is 142 Å². The van der Waals surface area contributed by atoms with Crippen LogP contribution in [0.3, 0.4) is 0 Å². The molecular weight excluding hydrogens is 302 g/mol. The second-order valence-electron chi connectivity index (χ2n) is 6.04. The Balaban J connectivity index is 1.69. The summed E-state index contributed by atoms with van der Waals surface area (Å²) in [4.78, 5) is 6.23. The molecule has 3 rings (SSSR count). The van der Waals surface area contributed by atoms with Gasteiger partial charge in [-0.1, -0.05) is 0 Å². The molecule has 0 bridgehead atoms. The SMILES string of the molecule is CN(C)C(CNCc1cn(C)nc1-c1ccncc1)c1ccco1. The van der Waals surface area contributed by atoms with Gasteiger partial charge in [-0.25, -0.2) is 0 Å². The molecule has 6 heteroatoms. The van der Waals surface area contributed by atoms with Crippen LogP contribution in [0.1, 0.15) is 17.4 Å². The summed E-state index contributed by atoms with van der Waals surface area (Å²) in [6, 6.07) is 8.10. The zero-order chi connectivity index (χ0) is 16.9. The van der Waals surface area contributed by atoms with Crippen molar-refractivity contribution in [3.63, 3.8) is 0 Å². The molecule has 0 amide bonds. The van der Waals surface area contributed by atoms with Crippen molar-refractivity contribution in [2.45, 2.75) is 12.6 Å². The van der Waals surface area contributed by atoms with Crippen LogP contribution in [0.5, 0.6) is 0 Å². The van der Waals surface area contributed by atoms with Crippen LogP contribution in [0, 0.1) is 0 Å². The van der Waals surface area contributed by atoms with E-state index in [-0.39, 0.29) is 6.04 Å². The van der Waals surface area contributed by atoms with Crippen molar-refractivity contribution in [3.8, 4) is 11.3 Å². The van der Waals surface area contributed by atoms with Gasteiger partial charge >= 0.3 is 0 Å². The molecule has 0 saturated carbocycles. The summed E-state index contributed by atoms with van der Waals surface area (Å²) in [5, 5.41) is 8.11. The number of nitrogens with zero attached hydrogens (tertiary/aromatic N) is 4. The Morgan fingerprint density at radius 1 is 1.25 bits per heavy atom. The van der Waals surface area contributed by atoms with Gasteiger partial charge < -0.3 is 9.73 Å². The molecule has 1 atom stereocenters. The highest BCUT2D eigenvalue weighted by Gasteiger charge is 2.17. The second kappa shape index (κ2) is 7.42. The Morgan fingerprint density at radius 3 is 2.71 bits per heavy atom. The Kier molecular flexibility index (Phi) is 5.08. The van der Waals surface area contributed by atoms with Gasteiger partial charge in [-0.3, -0.25) is 14.6 Å². The van der Waals surface area contributed by atoms with E-state index in [4.69, 9.17) is 4.42 Å². The molecule has 1 unspecified atom stereocenters. The summed E-state index contributed by atoms with van der Waals surface area (Å²) < 4.78 is 7.40. The van der Waals surface area contributed by atoms with E-state index in [2.05, 4.69) is 40.6 Å². The lowest BCUT2D eigenvalue weighted by molar-refractivity contribution is 0.250. The van der Waals surface area contributed by atoms with Gasteiger partial charge in [0.15, 0.2) is 0 Å². The van der Waals surface area contributed by atoms with Gasteiger partial charge in [-0.2, -0.15) is 5.10 Å². The van der Waals surface area contributed by atoms with E-state index in [1.165, 1.54) is 5.56 Å². The Morgan fingerprint density at radius 2 is 2.04 bits per heavy atom. The molecule has 0 aliphatic carbocycles. The van der Waals surface area contributed by atoms with Gasteiger partial charge in [0.2, 0.25) is 0 Å². The van der Waals surface area contributed by atoms with Gasteiger partial charge in [0.1, 0.15) is 5.76 Å². The van der Waals surface area contributed by atoms with Crippen LogP contribution in [0.25, 0.3) is 11.3 Å².